The summed E-state index contributed by atoms with van der Waals surface area (Å²) in [5.74, 6) is 0.686. The minimum atomic E-state index is -1.24. The van der Waals surface area contributed by atoms with Crippen LogP contribution in [0.3, 0.4) is 0 Å². The lowest BCUT2D eigenvalue weighted by molar-refractivity contribution is -0.150. The first-order valence-corrected chi connectivity index (χ1v) is 6.22. The normalized spacial score (nSPS) is 13.5. The van der Waals surface area contributed by atoms with E-state index < -0.39 is 11.5 Å². The van der Waals surface area contributed by atoms with Gasteiger partial charge in [-0.3, -0.25) is 0 Å². The Kier molecular flexibility index (Phi) is 5.18. The maximum Gasteiger partial charge on any atom is 0.330 e. The molecular weight excluding hydrogens is 246 g/mol. The van der Waals surface area contributed by atoms with Crippen LogP contribution >= 0.6 is 0 Å². The molecule has 1 atom stereocenters. The number of nitrogens with two attached hydrogens (primary N) is 1. The molecule has 0 amide bonds. The minimum Gasteiger partial charge on any atom is -0.497 e. The summed E-state index contributed by atoms with van der Waals surface area (Å²) in [6, 6.07) is 5.19. The summed E-state index contributed by atoms with van der Waals surface area (Å²) in [6.07, 6.45) is 0.398. The van der Waals surface area contributed by atoms with Crippen molar-refractivity contribution in [2.24, 2.45) is 5.73 Å². The van der Waals surface area contributed by atoms with Crippen LogP contribution in [-0.2, 0) is 15.1 Å². The van der Waals surface area contributed by atoms with Crippen LogP contribution in [0.15, 0.2) is 18.2 Å². The van der Waals surface area contributed by atoms with Crippen LogP contribution in [0, 0.1) is 0 Å². The molecule has 1 rings (SSSR count). The van der Waals surface area contributed by atoms with Gasteiger partial charge in [-0.25, -0.2) is 4.79 Å². The van der Waals surface area contributed by atoms with Gasteiger partial charge >= 0.3 is 5.97 Å². The fourth-order valence-corrected chi connectivity index (χ4v) is 1.87. The Morgan fingerprint density at radius 1 is 1.26 bits per heavy atom. The largest absolute Gasteiger partial charge is 0.497 e. The molecule has 0 heterocycles. The third kappa shape index (κ3) is 2.98. The van der Waals surface area contributed by atoms with Gasteiger partial charge in [-0.1, -0.05) is 6.92 Å². The first-order valence-electron chi connectivity index (χ1n) is 6.22. The molecular formula is C14H21NO4. The van der Waals surface area contributed by atoms with Crippen molar-refractivity contribution >= 4 is 5.97 Å². The molecule has 5 heteroatoms. The molecule has 1 unspecified atom stereocenters. The van der Waals surface area contributed by atoms with Crippen molar-refractivity contribution in [1.82, 2.24) is 0 Å². The molecule has 0 aliphatic carbocycles. The summed E-state index contributed by atoms with van der Waals surface area (Å²) in [4.78, 5) is 12.1. The van der Waals surface area contributed by atoms with Crippen LogP contribution < -0.4 is 15.2 Å². The van der Waals surface area contributed by atoms with Gasteiger partial charge in [-0.05, 0) is 31.5 Å². The Morgan fingerprint density at radius 2 is 1.95 bits per heavy atom. The van der Waals surface area contributed by atoms with Crippen molar-refractivity contribution in [2.75, 3.05) is 20.8 Å². The zero-order chi connectivity index (χ0) is 14.5. The van der Waals surface area contributed by atoms with Gasteiger partial charge in [0.1, 0.15) is 17.0 Å². The molecule has 0 saturated heterocycles. The molecule has 0 spiro atoms. The summed E-state index contributed by atoms with van der Waals surface area (Å²) >= 11 is 0. The maximum absolute atomic E-state index is 12.1. The van der Waals surface area contributed by atoms with E-state index in [0.29, 0.717) is 23.5 Å². The van der Waals surface area contributed by atoms with E-state index >= 15 is 0 Å². The summed E-state index contributed by atoms with van der Waals surface area (Å²) in [7, 11) is 3.09. The summed E-state index contributed by atoms with van der Waals surface area (Å²) in [5, 5.41) is 0. The third-order valence-corrected chi connectivity index (χ3v) is 3.08. The molecule has 106 valence electrons. The van der Waals surface area contributed by atoms with E-state index in [1.807, 2.05) is 6.92 Å². The van der Waals surface area contributed by atoms with Gasteiger partial charge in [0.15, 0.2) is 0 Å². The molecule has 0 aliphatic rings. The number of benzene rings is 1. The van der Waals surface area contributed by atoms with E-state index in [0.717, 1.165) is 0 Å². The highest BCUT2D eigenvalue weighted by atomic mass is 16.5. The Morgan fingerprint density at radius 3 is 2.42 bits per heavy atom. The number of hydrogen-bond acceptors (Lipinski definition) is 5. The van der Waals surface area contributed by atoms with Crippen LogP contribution in [0.1, 0.15) is 25.8 Å². The summed E-state index contributed by atoms with van der Waals surface area (Å²) in [5.41, 5.74) is 5.56. The smallest absolute Gasteiger partial charge is 0.330 e. The Bertz CT molecular complexity index is 447. The van der Waals surface area contributed by atoms with Crippen LogP contribution in [0.25, 0.3) is 0 Å². The maximum atomic E-state index is 12.1. The molecule has 2 N–H and O–H groups in total. The Balaban J connectivity index is 3.33. The molecule has 5 nitrogen and oxygen atoms in total. The molecule has 1 aromatic carbocycles. The van der Waals surface area contributed by atoms with E-state index in [2.05, 4.69) is 0 Å². The van der Waals surface area contributed by atoms with Crippen LogP contribution in [0.2, 0.25) is 0 Å². The van der Waals surface area contributed by atoms with Crippen LogP contribution in [-0.4, -0.2) is 26.8 Å². The zero-order valence-corrected chi connectivity index (χ0v) is 11.9. The van der Waals surface area contributed by atoms with Gasteiger partial charge in [0, 0.05) is 5.56 Å². The lowest BCUT2D eigenvalue weighted by Crippen LogP contribution is -2.45. The minimum absolute atomic E-state index is 0.282. The molecule has 0 fully saturated rings. The molecule has 0 aromatic heterocycles. The van der Waals surface area contributed by atoms with E-state index in [9.17, 15) is 4.79 Å². The lowest BCUT2D eigenvalue weighted by Gasteiger charge is -2.28. The van der Waals surface area contributed by atoms with Gasteiger partial charge in [0.2, 0.25) is 0 Å². The van der Waals surface area contributed by atoms with Gasteiger partial charge in [0.05, 0.1) is 20.8 Å². The van der Waals surface area contributed by atoms with Crippen LogP contribution in [0.5, 0.6) is 11.5 Å². The van der Waals surface area contributed by atoms with E-state index in [1.54, 1.807) is 32.2 Å². The van der Waals surface area contributed by atoms with E-state index in [-0.39, 0.29) is 6.61 Å². The van der Waals surface area contributed by atoms with Crippen molar-refractivity contribution in [2.45, 2.75) is 25.8 Å². The second-order valence-electron chi connectivity index (χ2n) is 4.11. The first-order chi connectivity index (χ1) is 9.03. The number of methoxy groups -OCH3 is 2. The fraction of sp³-hybridized carbons (Fsp3) is 0.500. The number of esters is 1. The molecule has 19 heavy (non-hydrogen) atoms. The first kappa shape index (κ1) is 15.3. The quantitative estimate of drug-likeness (QED) is 0.796. The predicted octanol–water partition coefficient (Wildman–Crippen LogP) is 1.83. The summed E-state index contributed by atoms with van der Waals surface area (Å²) in [6.45, 7) is 3.86. The van der Waals surface area contributed by atoms with Crippen molar-refractivity contribution in [1.29, 1.82) is 0 Å². The lowest BCUT2D eigenvalue weighted by atomic mass is 9.87. The topological polar surface area (TPSA) is 70.8 Å². The van der Waals surface area contributed by atoms with E-state index in [4.69, 9.17) is 19.9 Å². The second kappa shape index (κ2) is 6.43. The van der Waals surface area contributed by atoms with E-state index in [1.165, 1.54) is 7.11 Å². The summed E-state index contributed by atoms with van der Waals surface area (Å²) < 4.78 is 15.5. The highest BCUT2D eigenvalue weighted by Gasteiger charge is 2.38. The second-order valence-corrected chi connectivity index (χ2v) is 4.11. The third-order valence-electron chi connectivity index (χ3n) is 3.08. The molecule has 1 aromatic rings. The van der Waals surface area contributed by atoms with Crippen LogP contribution in [0.4, 0.5) is 0 Å². The number of rotatable bonds is 6. The molecule has 0 radical (unpaired) electrons. The average Bonchev–Trinajstić information content (AvgIpc) is 2.45. The molecule has 0 bridgehead atoms. The van der Waals surface area contributed by atoms with Gasteiger partial charge in [0.25, 0.3) is 0 Å². The van der Waals surface area contributed by atoms with Crippen molar-refractivity contribution in [3.8, 4) is 11.5 Å². The number of carbonyl (C=O) groups is 1. The van der Waals surface area contributed by atoms with Crippen molar-refractivity contribution in [3.05, 3.63) is 23.8 Å². The fourth-order valence-electron chi connectivity index (χ4n) is 1.87. The predicted molar refractivity (Wildman–Crippen MR) is 72.3 cm³/mol. The molecule has 0 saturated carbocycles. The Hall–Kier alpha value is -1.75. The molecule has 0 aliphatic heterocycles. The highest BCUT2D eigenvalue weighted by molar-refractivity contribution is 5.83. The van der Waals surface area contributed by atoms with Gasteiger partial charge in [-0.2, -0.15) is 0 Å². The van der Waals surface area contributed by atoms with Gasteiger partial charge < -0.3 is 19.9 Å². The Labute approximate surface area is 113 Å². The highest BCUT2D eigenvalue weighted by Crippen LogP contribution is 2.34. The zero-order valence-electron chi connectivity index (χ0n) is 11.9. The van der Waals surface area contributed by atoms with Gasteiger partial charge in [-0.15, -0.1) is 0 Å². The average molecular weight is 267 g/mol. The monoisotopic (exact) mass is 267 g/mol. The number of hydrogen-bond donors (Lipinski definition) is 1. The number of ether oxygens (including phenoxy) is 3. The van der Waals surface area contributed by atoms with Crippen molar-refractivity contribution < 1.29 is 19.0 Å². The SMILES string of the molecule is CCOC(=O)C(N)(CC)c1cc(OC)ccc1OC. The van der Waals surface area contributed by atoms with Crippen molar-refractivity contribution in [3.63, 3.8) is 0 Å². The standard InChI is InChI=1S/C14H21NO4/c1-5-14(15,13(16)19-6-2)11-9-10(17-3)7-8-12(11)18-4/h7-9H,5-6,15H2,1-4H3. The number of carbonyl (C=O) groups excluding carboxylic acids is 1.